The molecule has 1 unspecified atom stereocenters. The van der Waals surface area contributed by atoms with Gasteiger partial charge >= 0.3 is 0 Å². The van der Waals surface area contributed by atoms with Crippen LogP contribution in [-0.4, -0.2) is 40.5 Å². The summed E-state index contributed by atoms with van der Waals surface area (Å²) in [7, 11) is 0. The van der Waals surface area contributed by atoms with Gasteiger partial charge in [-0.3, -0.25) is 4.99 Å². The highest BCUT2D eigenvalue weighted by Gasteiger charge is 2.21. The number of halogens is 1. The quantitative estimate of drug-likeness (QED) is 0.403. The molecule has 100 valence electrons. The first-order valence-corrected chi connectivity index (χ1v) is 7.76. The molecule has 0 amide bonds. The van der Waals surface area contributed by atoms with Gasteiger partial charge in [0.1, 0.15) is 10.8 Å². The second-order valence-corrected chi connectivity index (χ2v) is 5.72. The van der Waals surface area contributed by atoms with E-state index in [0.717, 1.165) is 19.5 Å². The Bertz CT molecular complexity index is 233. The van der Waals surface area contributed by atoms with Crippen molar-refractivity contribution in [2.75, 3.05) is 19.7 Å². The largest absolute Gasteiger partial charge is 0.395 e. The Kier molecular flexibility index (Phi) is 7.86. The monoisotopic (exact) mass is 304 g/mol. The lowest BCUT2D eigenvalue weighted by atomic mass is 10.1. The molecular formula is C13H25BrN2O. The Morgan fingerprint density at radius 2 is 2.00 bits per heavy atom. The third kappa shape index (κ3) is 5.87. The van der Waals surface area contributed by atoms with Crippen LogP contribution < -0.4 is 0 Å². The molecule has 1 rings (SSSR count). The van der Waals surface area contributed by atoms with Crippen molar-refractivity contribution in [3.8, 4) is 0 Å². The van der Waals surface area contributed by atoms with Crippen LogP contribution >= 0.6 is 15.9 Å². The lowest BCUT2D eigenvalue weighted by Gasteiger charge is -2.19. The van der Waals surface area contributed by atoms with Gasteiger partial charge in [-0.25, -0.2) is 0 Å². The molecule has 0 aromatic heterocycles. The number of alkyl halides is 1. The van der Waals surface area contributed by atoms with Gasteiger partial charge in [-0.1, -0.05) is 55.0 Å². The van der Waals surface area contributed by atoms with Crippen LogP contribution in [0.2, 0.25) is 0 Å². The molecule has 1 N–H and O–H groups in total. The van der Waals surface area contributed by atoms with Crippen molar-refractivity contribution in [2.24, 2.45) is 4.99 Å². The van der Waals surface area contributed by atoms with Crippen molar-refractivity contribution in [2.45, 2.75) is 56.8 Å². The van der Waals surface area contributed by atoms with Crippen molar-refractivity contribution in [1.82, 2.24) is 4.90 Å². The zero-order valence-corrected chi connectivity index (χ0v) is 12.5. The van der Waals surface area contributed by atoms with Crippen molar-refractivity contribution in [3.05, 3.63) is 0 Å². The predicted octanol–water partition coefficient (Wildman–Crippen LogP) is 3.16. The maximum Gasteiger partial charge on any atom is 0.124 e. The van der Waals surface area contributed by atoms with Crippen molar-refractivity contribution >= 4 is 21.8 Å². The number of amidine groups is 1. The van der Waals surface area contributed by atoms with E-state index in [1.54, 1.807) is 0 Å². The minimum absolute atomic E-state index is 0.218. The summed E-state index contributed by atoms with van der Waals surface area (Å²) in [4.78, 5) is 7.00. The Labute approximate surface area is 113 Å². The van der Waals surface area contributed by atoms with Crippen molar-refractivity contribution in [1.29, 1.82) is 0 Å². The SMILES string of the molecule is CCCCCCCCC1=NC(Br)CN1CCO. The van der Waals surface area contributed by atoms with Crippen LogP contribution in [0, 0.1) is 0 Å². The molecule has 1 atom stereocenters. The first-order chi connectivity index (χ1) is 8.27. The highest BCUT2D eigenvalue weighted by molar-refractivity contribution is 9.09. The fourth-order valence-corrected chi connectivity index (χ4v) is 2.78. The number of aliphatic imine (C=N–C) groups is 1. The van der Waals surface area contributed by atoms with E-state index >= 15 is 0 Å². The summed E-state index contributed by atoms with van der Waals surface area (Å²) in [6, 6.07) is 0. The van der Waals surface area contributed by atoms with E-state index in [1.165, 1.54) is 44.4 Å². The van der Waals surface area contributed by atoms with E-state index in [0.29, 0.717) is 0 Å². The third-order valence-electron chi connectivity index (χ3n) is 3.15. The van der Waals surface area contributed by atoms with Crippen LogP contribution in [0.3, 0.4) is 0 Å². The van der Waals surface area contributed by atoms with Gasteiger partial charge in [0.2, 0.25) is 0 Å². The smallest absolute Gasteiger partial charge is 0.124 e. The molecule has 1 aliphatic heterocycles. The van der Waals surface area contributed by atoms with Gasteiger partial charge in [0.15, 0.2) is 0 Å². The lowest BCUT2D eigenvalue weighted by molar-refractivity contribution is 0.254. The molecule has 0 spiro atoms. The van der Waals surface area contributed by atoms with Gasteiger partial charge in [-0.05, 0) is 6.42 Å². The highest BCUT2D eigenvalue weighted by atomic mass is 79.9. The zero-order valence-electron chi connectivity index (χ0n) is 10.9. The topological polar surface area (TPSA) is 35.8 Å². The average molecular weight is 305 g/mol. The van der Waals surface area contributed by atoms with Crippen LogP contribution in [-0.2, 0) is 0 Å². The second-order valence-electron chi connectivity index (χ2n) is 4.67. The summed E-state index contributed by atoms with van der Waals surface area (Å²) >= 11 is 3.52. The van der Waals surface area contributed by atoms with Crippen LogP contribution in [0.25, 0.3) is 0 Å². The maximum absolute atomic E-state index is 8.99. The van der Waals surface area contributed by atoms with Gasteiger partial charge in [0, 0.05) is 13.0 Å². The maximum atomic E-state index is 8.99. The first kappa shape index (κ1) is 15.0. The molecule has 0 fully saturated rings. The Balaban J connectivity index is 2.14. The average Bonchev–Trinajstić information content (AvgIpc) is 2.65. The molecule has 1 aliphatic rings. The summed E-state index contributed by atoms with van der Waals surface area (Å²) in [5.74, 6) is 1.18. The lowest BCUT2D eigenvalue weighted by Crippen LogP contribution is -2.31. The van der Waals surface area contributed by atoms with Gasteiger partial charge in [0.05, 0.1) is 13.2 Å². The number of aliphatic hydroxyl groups excluding tert-OH is 1. The van der Waals surface area contributed by atoms with Gasteiger partial charge < -0.3 is 10.0 Å². The van der Waals surface area contributed by atoms with Crippen LogP contribution in [0.4, 0.5) is 0 Å². The van der Waals surface area contributed by atoms with Crippen LogP contribution in [0.1, 0.15) is 51.9 Å². The second kappa shape index (κ2) is 8.92. The molecule has 0 aromatic rings. The van der Waals surface area contributed by atoms with E-state index in [2.05, 4.69) is 32.7 Å². The number of unbranched alkanes of at least 4 members (excludes halogenated alkanes) is 5. The number of β-amino-alcohol motifs (C(OH)–C–C–N with tert-alkyl or cyclic N) is 1. The fraction of sp³-hybridized carbons (Fsp3) is 0.923. The molecular weight excluding hydrogens is 280 g/mol. The summed E-state index contributed by atoms with van der Waals surface area (Å²) in [6.07, 6.45) is 8.98. The van der Waals surface area contributed by atoms with Crippen molar-refractivity contribution in [3.63, 3.8) is 0 Å². The molecule has 0 saturated carbocycles. The number of hydrogen-bond donors (Lipinski definition) is 1. The number of nitrogens with zero attached hydrogens (tertiary/aromatic N) is 2. The van der Waals surface area contributed by atoms with Crippen LogP contribution in [0.5, 0.6) is 0 Å². The first-order valence-electron chi connectivity index (χ1n) is 6.84. The number of aliphatic hydroxyl groups is 1. The van der Waals surface area contributed by atoms with E-state index in [9.17, 15) is 0 Å². The highest BCUT2D eigenvalue weighted by Crippen LogP contribution is 2.18. The van der Waals surface area contributed by atoms with E-state index < -0.39 is 0 Å². The zero-order chi connectivity index (χ0) is 12.5. The minimum Gasteiger partial charge on any atom is -0.395 e. The third-order valence-corrected chi connectivity index (χ3v) is 3.64. The number of hydrogen-bond acceptors (Lipinski definition) is 3. The van der Waals surface area contributed by atoms with E-state index in [-0.39, 0.29) is 11.6 Å². The van der Waals surface area contributed by atoms with Gasteiger partial charge in [-0.15, -0.1) is 0 Å². The molecule has 0 radical (unpaired) electrons. The molecule has 1 heterocycles. The minimum atomic E-state index is 0.218. The van der Waals surface area contributed by atoms with Gasteiger partial charge in [-0.2, -0.15) is 0 Å². The standard InChI is InChI=1S/C13H25BrN2O/c1-2-3-4-5-6-7-8-13-15-12(14)11-16(13)9-10-17/h12,17H,2-11H2,1H3. The predicted molar refractivity (Wildman–Crippen MR) is 76.8 cm³/mol. The Morgan fingerprint density at radius 3 is 2.71 bits per heavy atom. The summed E-state index contributed by atoms with van der Waals surface area (Å²) in [5.41, 5.74) is 0. The van der Waals surface area contributed by atoms with Gasteiger partial charge in [0.25, 0.3) is 0 Å². The Morgan fingerprint density at radius 1 is 1.29 bits per heavy atom. The fourth-order valence-electron chi connectivity index (χ4n) is 2.20. The summed E-state index contributed by atoms with van der Waals surface area (Å²) < 4.78 is 0. The van der Waals surface area contributed by atoms with E-state index in [1.807, 2.05) is 0 Å². The molecule has 0 saturated heterocycles. The normalized spacial score (nSPS) is 19.8. The van der Waals surface area contributed by atoms with Crippen molar-refractivity contribution < 1.29 is 5.11 Å². The summed E-state index contributed by atoms with van der Waals surface area (Å²) in [6.45, 7) is 4.09. The molecule has 3 nitrogen and oxygen atoms in total. The van der Waals surface area contributed by atoms with Crippen LogP contribution in [0.15, 0.2) is 4.99 Å². The molecule has 4 heteroatoms. The molecule has 0 aromatic carbocycles. The molecule has 0 bridgehead atoms. The summed E-state index contributed by atoms with van der Waals surface area (Å²) in [5, 5.41) is 8.99. The molecule has 17 heavy (non-hydrogen) atoms. The van der Waals surface area contributed by atoms with E-state index in [4.69, 9.17) is 5.11 Å². The number of rotatable bonds is 9. The molecule has 0 aliphatic carbocycles. The Hall–Kier alpha value is -0.0900.